The van der Waals surface area contributed by atoms with Crippen molar-refractivity contribution in [1.82, 2.24) is 4.90 Å². The summed E-state index contributed by atoms with van der Waals surface area (Å²) >= 11 is 0. The van der Waals surface area contributed by atoms with E-state index in [4.69, 9.17) is 5.14 Å². The SMILES string of the molecule is NS(=O)(=O)c1cccc(NC(=O)CCN2C(=O)c3ccccc3C2=O)c1. The number of anilines is 1. The first-order valence-corrected chi connectivity index (χ1v) is 9.20. The molecule has 8 nitrogen and oxygen atoms in total. The van der Waals surface area contributed by atoms with Gasteiger partial charge in [-0.1, -0.05) is 18.2 Å². The van der Waals surface area contributed by atoms with Crippen molar-refractivity contribution in [2.75, 3.05) is 11.9 Å². The molecule has 134 valence electrons. The first-order valence-electron chi connectivity index (χ1n) is 7.65. The summed E-state index contributed by atoms with van der Waals surface area (Å²) in [6.45, 7) is -0.0763. The van der Waals surface area contributed by atoms with Gasteiger partial charge in [0, 0.05) is 18.7 Å². The van der Waals surface area contributed by atoms with E-state index in [1.54, 1.807) is 24.3 Å². The number of amides is 3. The number of benzene rings is 2. The van der Waals surface area contributed by atoms with Crippen LogP contribution in [0.3, 0.4) is 0 Å². The third-order valence-electron chi connectivity index (χ3n) is 3.89. The highest BCUT2D eigenvalue weighted by Gasteiger charge is 2.34. The van der Waals surface area contributed by atoms with Crippen LogP contribution in [0.2, 0.25) is 0 Å². The molecule has 3 rings (SSSR count). The van der Waals surface area contributed by atoms with Gasteiger partial charge in [0.25, 0.3) is 11.8 Å². The molecule has 0 radical (unpaired) electrons. The Balaban J connectivity index is 1.64. The molecule has 0 bridgehead atoms. The number of carbonyl (C=O) groups is 3. The lowest BCUT2D eigenvalue weighted by molar-refractivity contribution is -0.116. The number of rotatable bonds is 5. The van der Waals surface area contributed by atoms with E-state index >= 15 is 0 Å². The first kappa shape index (κ1) is 17.8. The van der Waals surface area contributed by atoms with E-state index in [2.05, 4.69) is 5.32 Å². The minimum atomic E-state index is -3.88. The summed E-state index contributed by atoms with van der Waals surface area (Å²) in [5, 5.41) is 7.57. The Hall–Kier alpha value is -3.04. The Morgan fingerprint density at radius 2 is 1.62 bits per heavy atom. The van der Waals surface area contributed by atoms with Crippen molar-refractivity contribution in [1.29, 1.82) is 0 Å². The van der Waals surface area contributed by atoms with Gasteiger partial charge in [0.05, 0.1) is 16.0 Å². The van der Waals surface area contributed by atoms with Crippen LogP contribution in [0.4, 0.5) is 5.69 Å². The van der Waals surface area contributed by atoms with Crippen molar-refractivity contribution in [3.63, 3.8) is 0 Å². The molecule has 0 spiro atoms. The van der Waals surface area contributed by atoms with Crippen LogP contribution < -0.4 is 10.5 Å². The molecule has 0 aromatic heterocycles. The smallest absolute Gasteiger partial charge is 0.261 e. The molecule has 3 amide bonds. The summed E-state index contributed by atoms with van der Waals surface area (Å²) in [5.41, 5.74) is 0.890. The van der Waals surface area contributed by atoms with E-state index in [0.29, 0.717) is 11.1 Å². The molecule has 26 heavy (non-hydrogen) atoms. The minimum Gasteiger partial charge on any atom is -0.326 e. The molecule has 0 saturated carbocycles. The lowest BCUT2D eigenvalue weighted by atomic mass is 10.1. The summed E-state index contributed by atoms with van der Waals surface area (Å²) in [5.74, 6) is -1.34. The van der Waals surface area contributed by atoms with Crippen LogP contribution >= 0.6 is 0 Å². The Labute approximate surface area is 149 Å². The lowest BCUT2D eigenvalue weighted by Gasteiger charge is -2.13. The topological polar surface area (TPSA) is 127 Å². The average molecular weight is 373 g/mol. The Kier molecular flexibility index (Phi) is 4.58. The fourth-order valence-electron chi connectivity index (χ4n) is 2.63. The number of hydrogen-bond acceptors (Lipinski definition) is 5. The molecule has 1 heterocycles. The van der Waals surface area contributed by atoms with Crippen LogP contribution in [-0.2, 0) is 14.8 Å². The maximum atomic E-state index is 12.2. The predicted molar refractivity (Wildman–Crippen MR) is 92.9 cm³/mol. The van der Waals surface area contributed by atoms with Crippen molar-refractivity contribution >= 4 is 33.4 Å². The molecule has 0 atom stereocenters. The van der Waals surface area contributed by atoms with Crippen molar-refractivity contribution in [2.45, 2.75) is 11.3 Å². The zero-order chi connectivity index (χ0) is 18.9. The van der Waals surface area contributed by atoms with Crippen LogP contribution in [0, 0.1) is 0 Å². The number of nitrogens with two attached hydrogens (primary N) is 1. The number of nitrogens with zero attached hydrogens (tertiary/aromatic N) is 1. The van der Waals surface area contributed by atoms with Crippen LogP contribution in [0.5, 0.6) is 0 Å². The van der Waals surface area contributed by atoms with E-state index < -0.39 is 27.7 Å². The maximum absolute atomic E-state index is 12.2. The molecular formula is C17H15N3O5S. The van der Waals surface area contributed by atoms with Gasteiger partial charge in [-0.2, -0.15) is 0 Å². The van der Waals surface area contributed by atoms with Crippen LogP contribution in [0.25, 0.3) is 0 Å². The van der Waals surface area contributed by atoms with Crippen LogP contribution in [0.1, 0.15) is 27.1 Å². The number of imide groups is 1. The largest absolute Gasteiger partial charge is 0.326 e. The molecule has 9 heteroatoms. The van der Waals surface area contributed by atoms with E-state index in [0.717, 1.165) is 4.90 Å². The van der Waals surface area contributed by atoms with E-state index in [1.165, 1.54) is 24.3 Å². The summed E-state index contributed by atoms with van der Waals surface area (Å²) in [6, 6.07) is 12.0. The minimum absolute atomic E-state index is 0.0763. The third-order valence-corrected chi connectivity index (χ3v) is 4.80. The van der Waals surface area contributed by atoms with Gasteiger partial charge in [-0.25, -0.2) is 13.6 Å². The second-order valence-electron chi connectivity index (χ2n) is 5.68. The molecule has 1 aliphatic heterocycles. The number of fused-ring (bicyclic) bond motifs is 1. The molecule has 3 N–H and O–H groups in total. The normalized spacial score (nSPS) is 13.7. The van der Waals surface area contributed by atoms with Gasteiger partial charge < -0.3 is 5.32 Å². The summed E-state index contributed by atoms with van der Waals surface area (Å²) in [7, 11) is -3.88. The number of nitrogens with one attached hydrogen (secondary N) is 1. The quantitative estimate of drug-likeness (QED) is 0.755. The van der Waals surface area contributed by atoms with E-state index in [-0.39, 0.29) is 23.5 Å². The summed E-state index contributed by atoms with van der Waals surface area (Å²) in [6.07, 6.45) is -0.120. The van der Waals surface area contributed by atoms with Crippen LogP contribution in [-0.4, -0.2) is 37.6 Å². The zero-order valence-corrected chi connectivity index (χ0v) is 14.3. The fraction of sp³-hybridized carbons (Fsp3) is 0.118. The number of hydrogen-bond donors (Lipinski definition) is 2. The maximum Gasteiger partial charge on any atom is 0.261 e. The summed E-state index contributed by atoms with van der Waals surface area (Å²) in [4.78, 5) is 37.4. The van der Waals surface area contributed by atoms with Gasteiger partial charge in [0.1, 0.15) is 0 Å². The summed E-state index contributed by atoms with van der Waals surface area (Å²) < 4.78 is 22.7. The van der Waals surface area contributed by atoms with Gasteiger partial charge >= 0.3 is 0 Å². The fourth-order valence-corrected chi connectivity index (χ4v) is 3.19. The Morgan fingerprint density at radius 1 is 1.00 bits per heavy atom. The molecule has 0 aliphatic carbocycles. The molecule has 2 aromatic carbocycles. The van der Waals surface area contributed by atoms with Gasteiger partial charge in [0.15, 0.2) is 0 Å². The highest BCUT2D eigenvalue weighted by molar-refractivity contribution is 7.89. The number of carbonyl (C=O) groups excluding carboxylic acids is 3. The van der Waals surface area contributed by atoms with Gasteiger partial charge in [-0.3, -0.25) is 19.3 Å². The highest BCUT2D eigenvalue weighted by atomic mass is 32.2. The molecule has 0 saturated heterocycles. The second-order valence-corrected chi connectivity index (χ2v) is 7.24. The number of primary sulfonamides is 1. The van der Waals surface area contributed by atoms with E-state index in [9.17, 15) is 22.8 Å². The Morgan fingerprint density at radius 3 is 2.19 bits per heavy atom. The molecule has 0 unspecified atom stereocenters. The number of sulfonamides is 1. The van der Waals surface area contributed by atoms with Crippen molar-refractivity contribution in [2.24, 2.45) is 5.14 Å². The molecule has 2 aromatic rings. The van der Waals surface area contributed by atoms with Gasteiger partial charge in [-0.15, -0.1) is 0 Å². The third kappa shape index (κ3) is 3.48. The molecule has 1 aliphatic rings. The van der Waals surface area contributed by atoms with E-state index in [1.807, 2.05) is 0 Å². The Bertz CT molecular complexity index is 982. The van der Waals surface area contributed by atoms with Crippen molar-refractivity contribution in [3.8, 4) is 0 Å². The monoisotopic (exact) mass is 373 g/mol. The van der Waals surface area contributed by atoms with Crippen molar-refractivity contribution < 1.29 is 22.8 Å². The van der Waals surface area contributed by atoms with Crippen molar-refractivity contribution in [3.05, 3.63) is 59.7 Å². The molecular weight excluding hydrogens is 358 g/mol. The van der Waals surface area contributed by atoms with Gasteiger partial charge in [0.2, 0.25) is 15.9 Å². The lowest BCUT2D eigenvalue weighted by Crippen LogP contribution is -2.32. The second kappa shape index (κ2) is 6.70. The predicted octanol–water partition coefficient (Wildman–Crippen LogP) is 0.959. The average Bonchev–Trinajstić information content (AvgIpc) is 2.84. The zero-order valence-electron chi connectivity index (χ0n) is 13.5. The van der Waals surface area contributed by atoms with Crippen LogP contribution in [0.15, 0.2) is 53.4 Å². The highest BCUT2D eigenvalue weighted by Crippen LogP contribution is 2.22. The first-order chi connectivity index (χ1) is 12.3. The molecule has 0 fully saturated rings. The van der Waals surface area contributed by atoms with Gasteiger partial charge in [-0.05, 0) is 30.3 Å². The standard InChI is InChI=1S/C17H15N3O5S/c18-26(24,25)12-5-3-4-11(10-12)19-15(21)8-9-20-16(22)13-6-1-2-7-14(13)17(20)23/h1-7,10H,8-9H2,(H,19,21)(H2,18,24,25).